The maximum atomic E-state index is 13.1. The van der Waals surface area contributed by atoms with Crippen LogP contribution in [0.1, 0.15) is 34.6 Å². The van der Waals surface area contributed by atoms with Crippen molar-refractivity contribution in [1.29, 1.82) is 0 Å². The van der Waals surface area contributed by atoms with Gasteiger partial charge < -0.3 is 5.32 Å². The summed E-state index contributed by atoms with van der Waals surface area (Å²) >= 11 is 1.61. The van der Waals surface area contributed by atoms with Gasteiger partial charge in [-0.15, -0.1) is 11.3 Å². The predicted molar refractivity (Wildman–Crippen MR) is 114 cm³/mol. The molecule has 1 atom stereocenters. The molecule has 4 rings (SSSR count). The van der Waals surface area contributed by atoms with Crippen LogP contribution >= 0.6 is 11.3 Å². The summed E-state index contributed by atoms with van der Waals surface area (Å²) in [5, 5.41) is 9.84. The van der Waals surface area contributed by atoms with Crippen LogP contribution in [0.4, 0.5) is 0 Å². The van der Waals surface area contributed by atoms with E-state index >= 15 is 0 Å². The van der Waals surface area contributed by atoms with E-state index in [0.29, 0.717) is 5.69 Å². The molecule has 0 aliphatic rings. The molecular formula is C23H21N3OS. The molecule has 0 fully saturated rings. The number of rotatable bonds is 5. The number of nitrogens with one attached hydrogen (secondary N) is 1. The molecular weight excluding hydrogens is 366 g/mol. The first kappa shape index (κ1) is 18.2. The lowest BCUT2D eigenvalue weighted by Crippen LogP contribution is -2.28. The average molecular weight is 388 g/mol. The van der Waals surface area contributed by atoms with E-state index in [4.69, 9.17) is 5.10 Å². The van der Waals surface area contributed by atoms with Crippen molar-refractivity contribution < 1.29 is 4.79 Å². The Morgan fingerprint density at radius 3 is 2.57 bits per heavy atom. The lowest BCUT2D eigenvalue weighted by Gasteiger charge is -2.15. The molecule has 0 saturated carbocycles. The van der Waals surface area contributed by atoms with Crippen LogP contribution in [-0.4, -0.2) is 15.7 Å². The van der Waals surface area contributed by atoms with Gasteiger partial charge in [0.05, 0.1) is 16.6 Å². The first-order chi connectivity index (χ1) is 13.6. The van der Waals surface area contributed by atoms with Crippen LogP contribution in [0.25, 0.3) is 16.3 Å². The Hall–Kier alpha value is -3.18. The molecule has 0 bridgehead atoms. The van der Waals surface area contributed by atoms with Gasteiger partial charge in [-0.1, -0.05) is 48.5 Å². The molecule has 140 valence electrons. The van der Waals surface area contributed by atoms with E-state index < -0.39 is 0 Å². The fourth-order valence-electron chi connectivity index (χ4n) is 3.14. The van der Waals surface area contributed by atoms with Crippen molar-refractivity contribution >= 4 is 17.2 Å². The fraction of sp³-hybridized carbons (Fsp3) is 0.130. The minimum absolute atomic E-state index is 0.0975. The van der Waals surface area contributed by atoms with Crippen molar-refractivity contribution in [2.45, 2.75) is 19.9 Å². The molecule has 0 saturated heterocycles. The number of carbonyl (C=O) groups excluding carboxylic acids is 1. The highest BCUT2D eigenvalue weighted by Gasteiger charge is 2.20. The van der Waals surface area contributed by atoms with Crippen molar-refractivity contribution in [2.75, 3.05) is 0 Å². The fourth-order valence-corrected chi connectivity index (χ4v) is 3.82. The van der Waals surface area contributed by atoms with E-state index in [9.17, 15) is 4.79 Å². The zero-order valence-corrected chi connectivity index (χ0v) is 16.6. The van der Waals surface area contributed by atoms with Gasteiger partial charge in [0, 0.05) is 0 Å². The van der Waals surface area contributed by atoms with Crippen molar-refractivity contribution in [1.82, 2.24) is 15.1 Å². The number of thiophene rings is 1. The van der Waals surface area contributed by atoms with Gasteiger partial charge >= 0.3 is 0 Å². The number of aromatic nitrogens is 2. The minimum atomic E-state index is -0.145. The molecule has 2 aromatic carbocycles. The number of nitrogens with zero attached hydrogens (tertiary/aromatic N) is 2. The zero-order chi connectivity index (χ0) is 19.5. The minimum Gasteiger partial charge on any atom is -0.344 e. The topological polar surface area (TPSA) is 46.9 Å². The summed E-state index contributed by atoms with van der Waals surface area (Å²) in [5.74, 6) is -0.145. The number of hydrogen-bond donors (Lipinski definition) is 1. The highest BCUT2D eigenvalue weighted by atomic mass is 32.1. The average Bonchev–Trinajstić information content (AvgIpc) is 3.38. The molecule has 28 heavy (non-hydrogen) atoms. The van der Waals surface area contributed by atoms with Gasteiger partial charge in [0.1, 0.15) is 11.4 Å². The third kappa shape index (κ3) is 3.75. The van der Waals surface area contributed by atoms with Gasteiger partial charge in [-0.3, -0.25) is 4.79 Å². The van der Waals surface area contributed by atoms with Crippen LogP contribution in [0.3, 0.4) is 0 Å². The van der Waals surface area contributed by atoms with Crippen molar-refractivity contribution in [2.24, 2.45) is 0 Å². The summed E-state index contributed by atoms with van der Waals surface area (Å²) in [6, 6.07) is 23.7. The Labute approximate surface area is 168 Å². The molecule has 0 radical (unpaired) electrons. The SMILES string of the molecule is Cc1cccc(-n2nc(-c3cccs3)cc2C(=O)NC(C)c2ccccc2)c1. The van der Waals surface area contributed by atoms with Crippen LogP contribution in [0, 0.1) is 6.92 Å². The maximum absolute atomic E-state index is 13.1. The monoisotopic (exact) mass is 387 g/mol. The summed E-state index contributed by atoms with van der Waals surface area (Å²) in [6.45, 7) is 4.02. The van der Waals surface area contributed by atoms with Gasteiger partial charge in [-0.25, -0.2) is 4.68 Å². The number of benzene rings is 2. The van der Waals surface area contributed by atoms with E-state index in [0.717, 1.165) is 27.4 Å². The Balaban J connectivity index is 1.71. The predicted octanol–water partition coefficient (Wildman–Crippen LogP) is 5.40. The first-order valence-corrected chi connectivity index (χ1v) is 10.1. The molecule has 0 aliphatic heterocycles. The standard InChI is InChI=1S/C23H21N3OS/c1-16-8-6-11-19(14-16)26-21(15-20(25-26)22-12-7-13-28-22)23(27)24-17(2)18-9-4-3-5-10-18/h3-15,17H,1-2H3,(H,24,27). The number of hydrogen-bond acceptors (Lipinski definition) is 3. The zero-order valence-electron chi connectivity index (χ0n) is 15.8. The summed E-state index contributed by atoms with van der Waals surface area (Å²) in [5.41, 5.74) is 4.39. The molecule has 1 unspecified atom stereocenters. The Morgan fingerprint density at radius 2 is 1.86 bits per heavy atom. The largest absolute Gasteiger partial charge is 0.344 e. The smallest absolute Gasteiger partial charge is 0.270 e. The highest BCUT2D eigenvalue weighted by Crippen LogP contribution is 2.26. The van der Waals surface area contributed by atoms with Crippen LogP contribution in [0.15, 0.2) is 78.2 Å². The second-order valence-corrected chi connectivity index (χ2v) is 7.70. The molecule has 5 heteroatoms. The van der Waals surface area contributed by atoms with Crippen molar-refractivity contribution in [3.8, 4) is 16.3 Å². The third-order valence-corrected chi connectivity index (χ3v) is 5.50. The number of amides is 1. The summed E-state index contributed by atoms with van der Waals surface area (Å²) in [6.07, 6.45) is 0. The highest BCUT2D eigenvalue weighted by molar-refractivity contribution is 7.13. The Kier molecular flexibility index (Phi) is 5.08. The summed E-state index contributed by atoms with van der Waals surface area (Å²) in [7, 11) is 0. The molecule has 2 heterocycles. The van der Waals surface area contributed by atoms with Crippen LogP contribution < -0.4 is 5.32 Å². The van der Waals surface area contributed by atoms with Crippen LogP contribution in [-0.2, 0) is 0 Å². The third-order valence-electron chi connectivity index (χ3n) is 4.61. The van der Waals surface area contributed by atoms with E-state index in [2.05, 4.69) is 5.32 Å². The number of carbonyl (C=O) groups is 1. The van der Waals surface area contributed by atoms with Crippen LogP contribution in [0.5, 0.6) is 0 Å². The number of aryl methyl sites for hydroxylation is 1. The Morgan fingerprint density at radius 1 is 1.04 bits per heavy atom. The van der Waals surface area contributed by atoms with Gasteiger partial charge in [-0.2, -0.15) is 5.10 Å². The van der Waals surface area contributed by atoms with Gasteiger partial charge in [0.15, 0.2) is 0 Å². The van der Waals surface area contributed by atoms with Crippen molar-refractivity contribution in [3.05, 3.63) is 95.0 Å². The molecule has 1 amide bonds. The molecule has 0 aliphatic carbocycles. The van der Waals surface area contributed by atoms with Crippen LogP contribution in [0.2, 0.25) is 0 Å². The quantitative estimate of drug-likeness (QED) is 0.498. The van der Waals surface area contributed by atoms with Gasteiger partial charge in [-0.05, 0) is 54.6 Å². The molecule has 2 aromatic heterocycles. The van der Waals surface area contributed by atoms with E-state index in [-0.39, 0.29) is 11.9 Å². The molecule has 1 N–H and O–H groups in total. The lowest BCUT2D eigenvalue weighted by atomic mass is 10.1. The lowest BCUT2D eigenvalue weighted by molar-refractivity contribution is 0.0932. The second-order valence-electron chi connectivity index (χ2n) is 6.75. The maximum Gasteiger partial charge on any atom is 0.270 e. The van der Waals surface area contributed by atoms with E-state index in [1.807, 2.05) is 92.0 Å². The van der Waals surface area contributed by atoms with E-state index in [1.54, 1.807) is 16.0 Å². The second kappa shape index (κ2) is 7.82. The van der Waals surface area contributed by atoms with Gasteiger partial charge in [0.25, 0.3) is 5.91 Å². The van der Waals surface area contributed by atoms with Crippen molar-refractivity contribution in [3.63, 3.8) is 0 Å². The summed E-state index contributed by atoms with van der Waals surface area (Å²) in [4.78, 5) is 14.2. The van der Waals surface area contributed by atoms with E-state index in [1.165, 1.54) is 0 Å². The Bertz CT molecular complexity index is 1080. The molecule has 0 spiro atoms. The molecule has 4 aromatic rings. The normalized spacial score (nSPS) is 11.9. The first-order valence-electron chi connectivity index (χ1n) is 9.18. The summed E-state index contributed by atoms with van der Waals surface area (Å²) < 4.78 is 1.73. The molecule has 4 nitrogen and oxygen atoms in total. The van der Waals surface area contributed by atoms with Gasteiger partial charge in [0.2, 0.25) is 0 Å².